The Morgan fingerprint density at radius 2 is 2.14 bits per heavy atom. The molecule has 0 saturated carbocycles. The van der Waals surface area contributed by atoms with Crippen molar-refractivity contribution in [3.63, 3.8) is 0 Å². The van der Waals surface area contributed by atoms with Crippen molar-refractivity contribution in [2.24, 2.45) is 0 Å². The summed E-state index contributed by atoms with van der Waals surface area (Å²) in [7, 11) is -1.06. The normalized spacial score (nSPS) is 14.5. The van der Waals surface area contributed by atoms with Gasteiger partial charge in [0.2, 0.25) is 0 Å². The maximum Gasteiger partial charge on any atom is 0.122 e. The highest BCUT2D eigenvalue weighted by molar-refractivity contribution is 7.85. The van der Waals surface area contributed by atoms with Gasteiger partial charge in [-0.1, -0.05) is 24.3 Å². The zero-order valence-corrected chi connectivity index (χ0v) is 12.9. The molecule has 2 N–H and O–H groups in total. The summed E-state index contributed by atoms with van der Waals surface area (Å²) >= 11 is 0. The van der Waals surface area contributed by atoms with E-state index in [0.29, 0.717) is 11.4 Å². The average Bonchev–Trinajstić information content (AvgIpc) is 2.95. The topological polar surface area (TPSA) is 52.3 Å². The Hall–Kier alpha value is -1.81. The first-order valence-corrected chi connectivity index (χ1v) is 8.45. The minimum atomic E-state index is -1.06. The molecule has 0 saturated heterocycles. The van der Waals surface area contributed by atoms with E-state index in [0.717, 1.165) is 35.7 Å². The van der Waals surface area contributed by atoms with Crippen LogP contribution in [0.3, 0.4) is 0 Å². The highest BCUT2D eigenvalue weighted by atomic mass is 32.2. The molecule has 2 aromatic carbocycles. The van der Waals surface area contributed by atoms with E-state index in [-0.39, 0.29) is 0 Å². The summed E-state index contributed by atoms with van der Waals surface area (Å²) in [6.45, 7) is 2.71. The predicted octanol–water partition coefficient (Wildman–Crippen LogP) is 2.86. The number of nitrogen functional groups attached to an aromatic ring is 1. The van der Waals surface area contributed by atoms with Gasteiger partial charge in [-0.2, -0.15) is 0 Å². The van der Waals surface area contributed by atoms with Crippen LogP contribution in [-0.4, -0.2) is 16.6 Å². The molecule has 3 rings (SSSR count). The lowest BCUT2D eigenvalue weighted by molar-refractivity contribution is 0.357. The average molecular weight is 301 g/mol. The largest absolute Gasteiger partial charge is 0.493 e. The molecule has 110 valence electrons. The Bertz CT molecular complexity index is 697. The van der Waals surface area contributed by atoms with Crippen molar-refractivity contribution in [2.75, 3.05) is 18.1 Å². The number of nitrogens with two attached hydrogens (primary N) is 1. The van der Waals surface area contributed by atoms with Crippen LogP contribution in [0.5, 0.6) is 5.75 Å². The molecule has 0 bridgehead atoms. The molecule has 0 aromatic heterocycles. The minimum Gasteiger partial charge on any atom is -0.493 e. The van der Waals surface area contributed by atoms with Gasteiger partial charge in [0.1, 0.15) is 5.75 Å². The molecule has 1 aliphatic rings. The van der Waals surface area contributed by atoms with Crippen LogP contribution in [0.4, 0.5) is 5.69 Å². The number of hydrogen-bond donors (Lipinski definition) is 1. The quantitative estimate of drug-likeness (QED) is 0.884. The number of rotatable bonds is 4. The van der Waals surface area contributed by atoms with Gasteiger partial charge in [-0.25, -0.2) is 0 Å². The van der Waals surface area contributed by atoms with E-state index in [4.69, 9.17) is 10.5 Å². The molecule has 4 heteroatoms. The van der Waals surface area contributed by atoms with Crippen LogP contribution >= 0.6 is 0 Å². The van der Waals surface area contributed by atoms with Crippen LogP contribution in [0, 0.1) is 6.92 Å². The fraction of sp³-hybridized carbons (Fsp3) is 0.294. The van der Waals surface area contributed by atoms with Crippen LogP contribution < -0.4 is 10.5 Å². The van der Waals surface area contributed by atoms with Gasteiger partial charge in [0, 0.05) is 12.2 Å². The van der Waals surface area contributed by atoms with Crippen LogP contribution in [0.25, 0.3) is 0 Å². The molecule has 1 aliphatic heterocycles. The summed E-state index contributed by atoms with van der Waals surface area (Å²) in [6, 6.07) is 11.9. The molecular weight excluding hydrogens is 282 g/mol. The van der Waals surface area contributed by atoms with Crippen LogP contribution in [0.2, 0.25) is 0 Å². The van der Waals surface area contributed by atoms with Gasteiger partial charge in [-0.05, 0) is 42.2 Å². The minimum absolute atomic E-state index is 0.591. The van der Waals surface area contributed by atoms with E-state index in [2.05, 4.69) is 12.1 Å². The second kappa shape index (κ2) is 5.90. The molecule has 0 fully saturated rings. The SMILES string of the molecule is Cc1cccc(S(=O)CCc2ccc3c(c2)CCO3)c1N. The van der Waals surface area contributed by atoms with Crippen LogP contribution in [0.15, 0.2) is 41.3 Å². The number of fused-ring (bicyclic) bond motifs is 1. The second-order valence-electron chi connectivity index (χ2n) is 5.33. The Morgan fingerprint density at radius 1 is 1.29 bits per heavy atom. The van der Waals surface area contributed by atoms with Crippen LogP contribution in [-0.2, 0) is 23.6 Å². The first-order valence-electron chi connectivity index (χ1n) is 7.13. The van der Waals surface area contributed by atoms with Crippen LogP contribution in [0.1, 0.15) is 16.7 Å². The van der Waals surface area contributed by atoms with Gasteiger partial charge < -0.3 is 10.5 Å². The first-order chi connectivity index (χ1) is 10.1. The van der Waals surface area contributed by atoms with E-state index in [9.17, 15) is 4.21 Å². The monoisotopic (exact) mass is 301 g/mol. The summed E-state index contributed by atoms with van der Waals surface area (Å²) in [6.07, 6.45) is 1.75. The lowest BCUT2D eigenvalue weighted by Crippen LogP contribution is -2.05. The maximum atomic E-state index is 12.4. The third-order valence-corrected chi connectivity index (χ3v) is 5.28. The fourth-order valence-electron chi connectivity index (χ4n) is 2.57. The van der Waals surface area contributed by atoms with Gasteiger partial charge in [-0.15, -0.1) is 0 Å². The molecule has 0 spiro atoms. The highest BCUT2D eigenvalue weighted by Gasteiger charge is 2.13. The summed E-state index contributed by atoms with van der Waals surface area (Å²) in [4.78, 5) is 0.750. The fourth-order valence-corrected chi connectivity index (χ4v) is 3.85. The van der Waals surface area contributed by atoms with E-state index in [1.165, 1.54) is 11.1 Å². The number of anilines is 1. The number of benzene rings is 2. The van der Waals surface area contributed by atoms with E-state index in [1.54, 1.807) is 0 Å². The number of aryl methyl sites for hydroxylation is 2. The van der Waals surface area contributed by atoms with Gasteiger partial charge in [0.05, 0.1) is 28.0 Å². The second-order valence-corrected chi connectivity index (χ2v) is 6.87. The van der Waals surface area contributed by atoms with Gasteiger partial charge in [-0.3, -0.25) is 4.21 Å². The van der Waals surface area contributed by atoms with E-state index >= 15 is 0 Å². The third-order valence-electron chi connectivity index (χ3n) is 3.86. The molecule has 0 amide bonds. The van der Waals surface area contributed by atoms with Crippen molar-refractivity contribution in [2.45, 2.75) is 24.7 Å². The molecular formula is C17H19NO2S. The lowest BCUT2D eigenvalue weighted by Gasteiger charge is -2.08. The predicted molar refractivity (Wildman–Crippen MR) is 86.2 cm³/mol. The zero-order valence-electron chi connectivity index (χ0n) is 12.1. The Balaban J connectivity index is 1.70. The summed E-state index contributed by atoms with van der Waals surface area (Å²) in [5.74, 6) is 1.58. The molecule has 0 radical (unpaired) electrons. The van der Waals surface area contributed by atoms with Crippen molar-refractivity contribution in [1.29, 1.82) is 0 Å². The molecule has 21 heavy (non-hydrogen) atoms. The lowest BCUT2D eigenvalue weighted by atomic mass is 10.1. The molecule has 1 unspecified atom stereocenters. The molecule has 2 aromatic rings. The van der Waals surface area contributed by atoms with Gasteiger partial charge in [0.25, 0.3) is 0 Å². The first kappa shape index (κ1) is 14.1. The smallest absolute Gasteiger partial charge is 0.122 e. The Kier molecular flexibility index (Phi) is 3.97. The van der Waals surface area contributed by atoms with E-state index < -0.39 is 10.8 Å². The van der Waals surface area contributed by atoms with Crippen molar-refractivity contribution < 1.29 is 8.95 Å². The molecule has 0 aliphatic carbocycles. The summed E-state index contributed by atoms with van der Waals surface area (Å²) in [5.41, 5.74) is 10.1. The zero-order chi connectivity index (χ0) is 14.8. The number of hydrogen-bond acceptors (Lipinski definition) is 3. The standard InChI is InChI=1S/C17H19NO2S/c1-12-3-2-4-16(17(12)18)21(19)10-8-13-5-6-15-14(11-13)7-9-20-15/h2-6,11H,7-10,18H2,1H3. The maximum absolute atomic E-state index is 12.4. The Labute approximate surface area is 127 Å². The van der Waals surface area contributed by atoms with E-state index in [1.807, 2.05) is 31.2 Å². The highest BCUT2D eigenvalue weighted by Crippen LogP contribution is 2.26. The number of para-hydroxylation sites is 1. The van der Waals surface area contributed by atoms with Crippen molar-refractivity contribution in [3.05, 3.63) is 53.1 Å². The molecule has 3 nitrogen and oxygen atoms in total. The van der Waals surface area contributed by atoms with Crippen molar-refractivity contribution in [3.8, 4) is 5.75 Å². The van der Waals surface area contributed by atoms with Crippen molar-refractivity contribution in [1.82, 2.24) is 0 Å². The van der Waals surface area contributed by atoms with Gasteiger partial charge >= 0.3 is 0 Å². The summed E-state index contributed by atoms with van der Waals surface area (Å²) < 4.78 is 17.9. The third kappa shape index (κ3) is 2.95. The summed E-state index contributed by atoms with van der Waals surface area (Å²) in [5, 5.41) is 0. The molecule has 1 heterocycles. The van der Waals surface area contributed by atoms with Crippen molar-refractivity contribution >= 4 is 16.5 Å². The molecule has 1 atom stereocenters. The van der Waals surface area contributed by atoms with Gasteiger partial charge in [0.15, 0.2) is 0 Å². The Morgan fingerprint density at radius 3 is 3.00 bits per heavy atom. The number of ether oxygens (including phenoxy) is 1.